The van der Waals surface area contributed by atoms with Crippen LogP contribution in [0.25, 0.3) is 10.9 Å². The lowest BCUT2D eigenvalue weighted by molar-refractivity contribution is 0.0951. The van der Waals surface area contributed by atoms with E-state index >= 15 is 0 Å². The maximum absolute atomic E-state index is 12.3. The number of H-pyrrole nitrogens is 1. The first-order chi connectivity index (χ1) is 11.3. The molecule has 7 heteroatoms. The Morgan fingerprint density at radius 3 is 2.50 bits per heavy atom. The van der Waals surface area contributed by atoms with Crippen LogP contribution in [0.3, 0.4) is 0 Å². The van der Waals surface area contributed by atoms with Crippen molar-refractivity contribution < 1.29 is 13.2 Å². The zero-order chi connectivity index (χ0) is 17.3. The molecule has 0 unspecified atom stereocenters. The Morgan fingerprint density at radius 1 is 1.12 bits per heavy atom. The maximum Gasteiger partial charge on any atom is 0.251 e. The fourth-order valence-electron chi connectivity index (χ4n) is 2.50. The van der Waals surface area contributed by atoms with Gasteiger partial charge in [-0.1, -0.05) is 12.1 Å². The summed E-state index contributed by atoms with van der Waals surface area (Å²) in [6, 6.07) is 13.5. The largest absolute Gasteiger partial charge is 0.359 e. The van der Waals surface area contributed by atoms with Crippen LogP contribution in [-0.4, -0.2) is 19.3 Å². The third-order valence-corrected chi connectivity index (χ3v) is 4.65. The number of aromatic amines is 1. The fourth-order valence-corrected chi connectivity index (χ4v) is 3.02. The van der Waals surface area contributed by atoms with Crippen LogP contribution in [0.2, 0.25) is 0 Å². The number of amides is 1. The number of benzene rings is 2. The molecular formula is C17H17N3O3S. The third-order valence-electron chi connectivity index (χ3n) is 3.72. The zero-order valence-corrected chi connectivity index (χ0v) is 13.9. The number of fused-ring (bicyclic) bond motifs is 1. The van der Waals surface area contributed by atoms with Crippen LogP contribution in [0.4, 0.5) is 0 Å². The molecule has 0 aliphatic rings. The number of primary sulfonamides is 1. The first kappa shape index (κ1) is 16.2. The van der Waals surface area contributed by atoms with Gasteiger partial charge in [0.05, 0.1) is 4.90 Å². The van der Waals surface area contributed by atoms with Gasteiger partial charge in [0.2, 0.25) is 10.0 Å². The second kappa shape index (κ2) is 6.10. The van der Waals surface area contributed by atoms with Crippen molar-refractivity contribution in [1.29, 1.82) is 0 Å². The number of hydrogen-bond donors (Lipinski definition) is 3. The first-order valence-corrected chi connectivity index (χ1v) is 8.87. The van der Waals surface area contributed by atoms with Gasteiger partial charge in [0.1, 0.15) is 0 Å². The summed E-state index contributed by atoms with van der Waals surface area (Å²) in [7, 11) is -3.70. The van der Waals surface area contributed by atoms with Gasteiger partial charge < -0.3 is 10.3 Å². The molecular weight excluding hydrogens is 326 g/mol. The van der Waals surface area contributed by atoms with Crippen LogP contribution >= 0.6 is 0 Å². The average Bonchev–Trinajstić information content (AvgIpc) is 2.91. The van der Waals surface area contributed by atoms with E-state index in [0.29, 0.717) is 12.1 Å². The molecule has 0 spiro atoms. The summed E-state index contributed by atoms with van der Waals surface area (Å²) in [5.41, 5.74) is 3.39. The summed E-state index contributed by atoms with van der Waals surface area (Å²) in [6.45, 7) is 2.26. The standard InChI is InChI=1S/C17H17N3O3S/c1-11-8-14-9-13(4-7-16(14)20-11)17(21)19-10-12-2-5-15(6-3-12)24(18,22)23/h2-9,20H,10H2,1H3,(H,19,21)(H2,18,22,23). The van der Waals surface area contributed by atoms with E-state index in [4.69, 9.17) is 5.14 Å². The topological polar surface area (TPSA) is 105 Å². The van der Waals surface area contributed by atoms with Gasteiger partial charge in [-0.15, -0.1) is 0 Å². The highest BCUT2D eigenvalue weighted by atomic mass is 32.2. The predicted molar refractivity (Wildman–Crippen MR) is 92.0 cm³/mol. The Hall–Kier alpha value is -2.64. The van der Waals surface area contributed by atoms with Crippen molar-refractivity contribution in [2.75, 3.05) is 0 Å². The molecule has 0 bridgehead atoms. The Bertz CT molecular complexity index is 1010. The molecule has 3 aromatic rings. The van der Waals surface area contributed by atoms with Crippen molar-refractivity contribution in [3.63, 3.8) is 0 Å². The number of rotatable bonds is 4. The van der Waals surface area contributed by atoms with Crippen LogP contribution in [0.15, 0.2) is 53.4 Å². The van der Waals surface area contributed by atoms with Crippen molar-refractivity contribution in [2.45, 2.75) is 18.4 Å². The van der Waals surface area contributed by atoms with E-state index in [9.17, 15) is 13.2 Å². The number of sulfonamides is 1. The van der Waals surface area contributed by atoms with Gasteiger partial charge in [0, 0.05) is 28.7 Å². The Morgan fingerprint density at radius 2 is 1.83 bits per heavy atom. The van der Waals surface area contributed by atoms with Gasteiger partial charge in [-0.25, -0.2) is 13.6 Å². The number of aromatic nitrogens is 1. The number of hydrogen-bond acceptors (Lipinski definition) is 3. The smallest absolute Gasteiger partial charge is 0.251 e. The Balaban J connectivity index is 1.70. The zero-order valence-electron chi connectivity index (χ0n) is 13.0. The first-order valence-electron chi connectivity index (χ1n) is 7.32. The molecule has 24 heavy (non-hydrogen) atoms. The lowest BCUT2D eigenvalue weighted by Crippen LogP contribution is -2.22. The van der Waals surface area contributed by atoms with E-state index in [1.165, 1.54) is 12.1 Å². The minimum absolute atomic E-state index is 0.0471. The second-order valence-corrected chi connectivity index (χ2v) is 7.19. The predicted octanol–water partition coefficient (Wildman–Crippen LogP) is 2.05. The summed E-state index contributed by atoms with van der Waals surface area (Å²) in [5.74, 6) is -0.189. The van der Waals surface area contributed by atoms with Crippen molar-refractivity contribution in [3.05, 3.63) is 65.4 Å². The highest BCUT2D eigenvalue weighted by Gasteiger charge is 2.09. The normalized spacial score (nSPS) is 11.6. The molecule has 0 radical (unpaired) electrons. The van der Waals surface area contributed by atoms with E-state index < -0.39 is 10.0 Å². The van der Waals surface area contributed by atoms with Crippen LogP contribution < -0.4 is 10.5 Å². The molecule has 0 fully saturated rings. The number of nitrogens with two attached hydrogens (primary N) is 1. The molecule has 1 heterocycles. The van der Waals surface area contributed by atoms with Gasteiger partial charge in [-0.3, -0.25) is 4.79 Å². The molecule has 0 aliphatic carbocycles. The summed E-state index contributed by atoms with van der Waals surface area (Å²) < 4.78 is 22.4. The molecule has 1 aromatic heterocycles. The monoisotopic (exact) mass is 343 g/mol. The Kier molecular flexibility index (Phi) is 4.13. The highest BCUT2D eigenvalue weighted by Crippen LogP contribution is 2.17. The average molecular weight is 343 g/mol. The van der Waals surface area contributed by atoms with E-state index in [1.807, 2.05) is 25.1 Å². The molecule has 2 aromatic carbocycles. The van der Waals surface area contributed by atoms with E-state index in [1.54, 1.807) is 18.2 Å². The highest BCUT2D eigenvalue weighted by molar-refractivity contribution is 7.89. The van der Waals surface area contributed by atoms with Crippen LogP contribution in [0, 0.1) is 6.92 Å². The van der Waals surface area contributed by atoms with Gasteiger partial charge in [-0.05, 0) is 48.9 Å². The molecule has 3 rings (SSSR count). The summed E-state index contributed by atoms with van der Waals surface area (Å²) in [5, 5.41) is 8.85. The Labute approximate surface area is 139 Å². The molecule has 0 saturated heterocycles. The van der Waals surface area contributed by atoms with Gasteiger partial charge in [0.25, 0.3) is 5.91 Å². The molecule has 1 amide bonds. The van der Waals surface area contributed by atoms with Crippen LogP contribution in [-0.2, 0) is 16.6 Å². The quantitative estimate of drug-likeness (QED) is 0.675. The van der Waals surface area contributed by atoms with Crippen molar-refractivity contribution >= 4 is 26.8 Å². The number of nitrogens with one attached hydrogen (secondary N) is 2. The minimum Gasteiger partial charge on any atom is -0.359 e. The number of carbonyl (C=O) groups is 1. The molecule has 6 nitrogen and oxygen atoms in total. The third kappa shape index (κ3) is 3.47. The van der Waals surface area contributed by atoms with E-state index in [2.05, 4.69) is 10.3 Å². The molecule has 124 valence electrons. The van der Waals surface area contributed by atoms with Gasteiger partial charge in [0.15, 0.2) is 0 Å². The van der Waals surface area contributed by atoms with E-state index in [-0.39, 0.29) is 10.8 Å². The summed E-state index contributed by atoms with van der Waals surface area (Å²) in [4.78, 5) is 15.5. The maximum atomic E-state index is 12.3. The molecule has 0 saturated carbocycles. The van der Waals surface area contributed by atoms with Crippen molar-refractivity contribution in [3.8, 4) is 0 Å². The van der Waals surface area contributed by atoms with E-state index in [0.717, 1.165) is 22.2 Å². The lowest BCUT2D eigenvalue weighted by atomic mass is 10.1. The van der Waals surface area contributed by atoms with Crippen molar-refractivity contribution in [1.82, 2.24) is 10.3 Å². The lowest BCUT2D eigenvalue weighted by Gasteiger charge is -2.06. The van der Waals surface area contributed by atoms with Crippen LogP contribution in [0.5, 0.6) is 0 Å². The van der Waals surface area contributed by atoms with Crippen LogP contribution in [0.1, 0.15) is 21.6 Å². The molecule has 0 aliphatic heterocycles. The SMILES string of the molecule is Cc1cc2cc(C(=O)NCc3ccc(S(N)(=O)=O)cc3)ccc2[nH]1. The van der Waals surface area contributed by atoms with Gasteiger partial charge >= 0.3 is 0 Å². The molecule has 0 atom stereocenters. The second-order valence-electron chi connectivity index (χ2n) is 5.63. The number of carbonyl (C=O) groups excluding carboxylic acids is 1. The fraction of sp³-hybridized carbons (Fsp3) is 0.118. The minimum atomic E-state index is -3.70. The number of aryl methyl sites for hydroxylation is 1. The summed E-state index contributed by atoms with van der Waals surface area (Å²) >= 11 is 0. The molecule has 4 N–H and O–H groups in total. The van der Waals surface area contributed by atoms with Crippen molar-refractivity contribution in [2.24, 2.45) is 5.14 Å². The summed E-state index contributed by atoms with van der Waals surface area (Å²) in [6.07, 6.45) is 0. The van der Waals surface area contributed by atoms with Gasteiger partial charge in [-0.2, -0.15) is 0 Å².